The summed E-state index contributed by atoms with van der Waals surface area (Å²) in [5, 5.41) is 0.771. The van der Waals surface area contributed by atoms with E-state index < -0.39 is 0 Å². The Hall–Kier alpha value is -0.0600. The summed E-state index contributed by atoms with van der Waals surface area (Å²) in [6.45, 7) is 1.02. The third kappa shape index (κ3) is 6.77. The minimum absolute atomic E-state index is 0. The number of halogens is 1. The number of carbonyl (C=O) groups is 1. The van der Waals surface area contributed by atoms with Gasteiger partial charge in [-0.25, -0.2) is 4.79 Å². The number of benzene rings is 1. The summed E-state index contributed by atoms with van der Waals surface area (Å²) in [5.41, 5.74) is 1.29. The molecule has 1 fully saturated rings. The van der Waals surface area contributed by atoms with Gasteiger partial charge in [-0.15, -0.1) is 0 Å². The number of rotatable bonds is 7. The molecule has 1 aromatic rings. The molecule has 3 nitrogen and oxygen atoms in total. The van der Waals surface area contributed by atoms with Crippen molar-refractivity contribution in [2.24, 2.45) is 0 Å². The molecule has 0 saturated carbocycles. The van der Waals surface area contributed by atoms with Gasteiger partial charge in [-0.1, -0.05) is 23.7 Å². The van der Waals surface area contributed by atoms with Crippen molar-refractivity contribution in [1.82, 2.24) is 0 Å². The molecule has 1 unspecified atom stereocenters. The van der Waals surface area contributed by atoms with E-state index in [9.17, 15) is 4.79 Å². The second-order valence-electron chi connectivity index (χ2n) is 4.43. The van der Waals surface area contributed by atoms with Crippen LogP contribution in [0.5, 0.6) is 0 Å². The molecule has 0 radical (unpaired) electrons. The van der Waals surface area contributed by atoms with Crippen molar-refractivity contribution in [3.63, 3.8) is 0 Å². The molecule has 1 heterocycles. The molecule has 1 aliphatic rings. The van der Waals surface area contributed by atoms with Crippen LogP contribution in [0.1, 0.15) is 24.8 Å². The predicted molar refractivity (Wildman–Crippen MR) is 76.9 cm³/mol. The van der Waals surface area contributed by atoms with Crippen LogP contribution in [-0.4, -0.2) is 54.8 Å². The van der Waals surface area contributed by atoms with Gasteiger partial charge >= 0.3 is 35.5 Å². The summed E-state index contributed by atoms with van der Waals surface area (Å²) in [6, 6.07) is 7.92. The van der Waals surface area contributed by atoms with Crippen molar-refractivity contribution < 1.29 is 14.3 Å². The van der Waals surface area contributed by atoms with Crippen molar-refractivity contribution in [2.45, 2.75) is 31.8 Å². The molecular weight excluding hydrogens is 275 g/mol. The van der Waals surface area contributed by atoms with Gasteiger partial charge in [0, 0.05) is 5.02 Å². The first-order valence-corrected chi connectivity index (χ1v) is 6.66. The Balaban J connectivity index is 0.00000180. The van der Waals surface area contributed by atoms with Crippen LogP contribution in [0.3, 0.4) is 0 Å². The van der Waals surface area contributed by atoms with E-state index in [0.717, 1.165) is 30.7 Å². The van der Waals surface area contributed by atoms with E-state index in [-0.39, 0.29) is 41.6 Å². The van der Waals surface area contributed by atoms with Crippen molar-refractivity contribution in [2.75, 3.05) is 13.2 Å². The van der Waals surface area contributed by atoms with Crippen molar-refractivity contribution in [3.05, 3.63) is 34.9 Å². The van der Waals surface area contributed by atoms with Crippen LogP contribution in [0.2, 0.25) is 5.02 Å². The Morgan fingerprint density at radius 1 is 1.26 bits per heavy atom. The van der Waals surface area contributed by atoms with Gasteiger partial charge in [-0.3, -0.25) is 0 Å². The molecule has 0 spiro atoms. The number of esters is 1. The van der Waals surface area contributed by atoms with Gasteiger partial charge in [0.2, 0.25) is 0 Å². The Kier molecular flexibility index (Phi) is 8.03. The SMILES string of the molecule is O=C(OCCCCCc1ccc(Cl)cc1)C1CO1.[NaH]. The summed E-state index contributed by atoms with van der Waals surface area (Å²) in [7, 11) is 0. The molecule has 1 aliphatic heterocycles. The first-order valence-electron chi connectivity index (χ1n) is 6.28. The molecule has 19 heavy (non-hydrogen) atoms. The van der Waals surface area contributed by atoms with Crippen molar-refractivity contribution in [1.29, 1.82) is 0 Å². The topological polar surface area (TPSA) is 38.8 Å². The summed E-state index contributed by atoms with van der Waals surface area (Å²) in [5.74, 6) is -0.215. The standard InChI is InChI=1S/C14H17ClO3.Na.H/c15-12-7-5-11(6-8-12)4-2-1-3-9-17-14(16)13-10-18-13;;/h5-8,13H,1-4,9-10H2;;. The maximum absolute atomic E-state index is 11.1. The van der Waals surface area contributed by atoms with Crippen LogP contribution >= 0.6 is 11.6 Å². The first kappa shape index (κ1) is 17.0. The van der Waals surface area contributed by atoms with Crippen LogP contribution in [-0.2, 0) is 20.7 Å². The Labute approximate surface area is 140 Å². The molecule has 1 aromatic carbocycles. The normalized spacial score (nSPS) is 16.6. The fourth-order valence-corrected chi connectivity index (χ4v) is 1.83. The second-order valence-corrected chi connectivity index (χ2v) is 4.86. The molecule has 1 atom stereocenters. The quantitative estimate of drug-likeness (QED) is 0.335. The zero-order valence-electron chi connectivity index (χ0n) is 10.2. The minimum atomic E-state index is -0.279. The molecule has 2 rings (SSSR count). The van der Waals surface area contributed by atoms with Crippen LogP contribution < -0.4 is 0 Å². The van der Waals surface area contributed by atoms with Crippen LogP contribution in [0, 0.1) is 0 Å². The third-order valence-electron chi connectivity index (χ3n) is 2.86. The molecule has 1 saturated heterocycles. The first-order chi connectivity index (χ1) is 8.75. The zero-order valence-corrected chi connectivity index (χ0v) is 11.0. The number of epoxide rings is 1. The van der Waals surface area contributed by atoms with Gasteiger partial charge < -0.3 is 9.47 Å². The number of ether oxygens (including phenoxy) is 2. The van der Waals surface area contributed by atoms with E-state index in [1.54, 1.807) is 0 Å². The van der Waals surface area contributed by atoms with E-state index in [1.807, 2.05) is 24.3 Å². The Morgan fingerprint density at radius 2 is 1.95 bits per heavy atom. The third-order valence-corrected chi connectivity index (χ3v) is 3.12. The molecule has 5 heteroatoms. The van der Waals surface area contributed by atoms with Crippen molar-refractivity contribution in [3.8, 4) is 0 Å². The summed E-state index contributed by atoms with van der Waals surface area (Å²) >= 11 is 5.82. The van der Waals surface area contributed by atoms with E-state index >= 15 is 0 Å². The van der Waals surface area contributed by atoms with E-state index in [4.69, 9.17) is 21.1 Å². The van der Waals surface area contributed by atoms with E-state index in [2.05, 4.69) is 0 Å². The van der Waals surface area contributed by atoms with Crippen LogP contribution in [0.15, 0.2) is 24.3 Å². The number of hydrogen-bond donors (Lipinski definition) is 0. The van der Waals surface area contributed by atoms with E-state index in [0.29, 0.717) is 13.2 Å². The zero-order chi connectivity index (χ0) is 12.8. The van der Waals surface area contributed by atoms with Gasteiger partial charge in [0.15, 0.2) is 6.10 Å². The summed E-state index contributed by atoms with van der Waals surface area (Å²) < 4.78 is 9.88. The van der Waals surface area contributed by atoms with E-state index in [1.165, 1.54) is 5.56 Å². The van der Waals surface area contributed by atoms with Crippen LogP contribution in [0.25, 0.3) is 0 Å². The molecule has 100 valence electrons. The maximum atomic E-state index is 11.1. The number of hydrogen-bond acceptors (Lipinski definition) is 3. The summed E-state index contributed by atoms with van der Waals surface area (Å²) in [4.78, 5) is 11.1. The van der Waals surface area contributed by atoms with Gasteiger partial charge in [0.25, 0.3) is 0 Å². The monoisotopic (exact) mass is 292 g/mol. The number of unbranched alkanes of at least 4 members (excludes halogenated alkanes) is 2. The molecule has 0 aromatic heterocycles. The van der Waals surface area contributed by atoms with Gasteiger partial charge in [-0.05, 0) is 43.4 Å². The molecule has 0 amide bonds. The van der Waals surface area contributed by atoms with Gasteiger partial charge in [-0.2, -0.15) is 0 Å². The molecular formula is C14H18ClNaO3. The summed E-state index contributed by atoms with van der Waals surface area (Å²) in [6.07, 6.45) is 3.82. The van der Waals surface area contributed by atoms with Gasteiger partial charge in [0.05, 0.1) is 13.2 Å². The average Bonchev–Trinajstić information content (AvgIpc) is 3.19. The fraction of sp³-hybridized carbons (Fsp3) is 0.500. The Morgan fingerprint density at radius 3 is 2.58 bits per heavy atom. The Bertz CT molecular complexity index is 390. The molecule has 0 N–H and O–H groups in total. The van der Waals surface area contributed by atoms with Crippen LogP contribution in [0.4, 0.5) is 0 Å². The number of carbonyl (C=O) groups excluding carboxylic acids is 1. The molecule has 0 aliphatic carbocycles. The average molecular weight is 293 g/mol. The van der Waals surface area contributed by atoms with Gasteiger partial charge in [0.1, 0.15) is 0 Å². The fourth-order valence-electron chi connectivity index (χ4n) is 1.71. The molecule has 0 bridgehead atoms. The number of aryl methyl sites for hydroxylation is 1. The second kappa shape index (κ2) is 8.98. The predicted octanol–water partition coefficient (Wildman–Crippen LogP) is 2.35. The van der Waals surface area contributed by atoms with Crippen molar-refractivity contribution >= 4 is 47.1 Å².